The Labute approximate surface area is 191 Å². The molecule has 2 aliphatic heterocycles. The van der Waals surface area contributed by atoms with Crippen molar-refractivity contribution >= 4 is 5.91 Å². The van der Waals surface area contributed by atoms with Crippen LogP contribution in [0.5, 0.6) is 5.75 Å². The van der Waals surface area contributed by atoms with Crippen molar-refractivity contribution in [2.75, 3.05) is 39.3 Å². The highest BCUT2D eigenvalue weighted by atomic mass is 16.5. The zero-order chi connectivity index (χ0) is 22.2. The molecule has 0 bridgehead atoms. The van der Waals surface area contributed by atoms with Gasteiger partial charge in [-0.1, -0.05) is 36.4 Å². The van der Waals surface area contributed by atoms with Crippen molar-refractivity contribution in [2.45, 2.75) is 44.9 Å². The van der Waals surface area contributed by atoms with Crippen molar-refractivity contribution in [2.24, 2.45) is 0 Å². The third-order valence-electron chi connectivity index (χ3n) is 6.33. The topological polar surface area (TPSA) is 65.0 Å². The van der Waals surface area contributed by atoms with E-state index in [-0.39, 0.29) is 0 Å². The van der Waals surface area contributed by atoms with Gasteiger partial charge in [0.05, 0.1) is 0 Å². The number of ether oxygens (including phenoxy) is 1. The Balaban J connectivity index is 1.11. The molecule has 0 radical (unpaired) electrons. The van der Waals surface area contributed by atoms with Gasteiger partial charge >= 0.3 is 0 Å². The Bertz CT molecular complexity index is 871. The summed E-state index contributed by atoms with van der Waals surface area (Å²) in [5, 5.41) is 13.9. The summed E-state index contributed by atoms with van der Waals surface area (Å²) in [6.45, 7) is 6.26. The summed E-state index contributed by atoms with van der Waals surface area (Å²) in [5.41, 5.74) is 3.98. The van der Waals surface area contributed by atoms with E-state index in [1.54, 1.807) is 0 Å². The summed E-state index contributed by atoms with van der Waals surface area (Å²) in [6, 6.07) is 16.6. The van der Waals surface area contributed by atoms with Gasteiger partial charge in [0.15, 0.2) is 0 Å². The van der Waals surface area contributed by atoms with Crippen LogP contribution in [0.3, 0.4) is 0 Å². The molecule has 0 aliphatic carbocycles. The predicted octanol–water partition coefficient (Wildman–Crippen LogP) is 2.59. The van der Waals surface area contributed by atoms with Gasteiger partial charge in [-0.05, 0) is 54.6 Å². The summed E-state index contributed by atoms with van der Waals surface area (Å²) >= 11 is 0. The van der Waals surface area contributed by atoms with Crippen molar-refractivity contribution in [1.29, 1.82) is 0 Å². The van der Waals surface area contributed by atoms with Crippen LogP contribution in [0.15, 0.2) is 48.5 Å². The Morgan fingerprint density at radius 2 is 1.84 bits per heavy atom. The van der Waals surface area contributed by atoms with Crippen LogP contribution >= 0.6 is 0 Å². The first kappa shape index (κ1) is 22.8. The molecule has 6 heteroatoms. The van der Waals surface area contributed by atoms with Crippen molar-refractivity contribution in [3.8, 4) is 5.75 Å². The van der Waals surface area contributed by atoms with Gasteiger partial charge in [-0.15, -0.1) is 0 Å². The third-order valence-corrected chi connectivity index (χ3v) is 6.33. The van der Waals surface area contributed by atoms with E-state index in [0.29, 0.717) is 25.5 Å². The molecule has 32 heavy (non-hydrogen) atoms. The highest BCUT2D eigenvalue weighted by Gasteiger charge is 2.19. The van der Waals surface area contributed by atoms with Gasteiger partial charge in [0.25, 0.3) is 0 Å². The van der Waals surface area contributed by atoms with Gasteiger partial charge in [-0.3, -0.25) is 9.69 Å². The van der Waals surface area contributed by atoms with E-state index in [1.807, 2.05) is 17.0 Å². The van der Waals surface area contributed by atoms with E-state index in [2.05, 4.69) is 46.6 Å². The predicted molar refractivity (Wildman–Crippen MR) is 126 cm³/mol. The molecule has 0 unspecified atom stereocenters. The molecule has 2 aliphatic rings. The van der Waals surface area contributed by atoms with Crippen LogP contribution in [0.2, 0.25) is 0 Å². The van der Waals surface area contributed by atoms with E-state index in [0.717, 1.165) is 64.3 Å². The molecule has 1 fully saturated rings. The molecule has 1 amide bonds. The van der Waals surface area contributed by atoms with Crippen LogP contribution in [0, 0.1) is 0 Å². The molecule has 6 nitrogen and oxygen atoms in total. The average Bonchev–Trinajstić information content (AvgIpc) is 3.23. The highest BCUT2D eigenvalue weighted by Crippen LogP contribution is 2.19. The molecule has 2 aromatic carbocycles. The first-order valence-electron chi connectivity index (χ1n) is 11.8. The minimum Gasteiger partial charge on any atom is -0.491 e. The molecule has 1 saturated heterocycles. The van der Waals surface area contributed by atoms with Crippen LogP contribution in [-0.2, 0) is 24.3 Å². The lowest BCUT2D eigenvalue weighted by atomic mass is 10.00. The number of benzene rings is 2. The Hall–Kier alpha value is -2.41. The lowest BCUT2D eigenvalue weighted by Crippen LogP contribution is -2.38. The number of nitrogens with zero attached hydrogens (tertiary/aromatic N) is 2. The summed E-state index contributed by atoms with van der Waals surface area (Å²) < 4.78 is 5.81. The van der Waals surface area contributed by atoms with E-state index < -0.39 is 6.10 Å². The van der Waals surface area contributed by atoms with E-state index in [9.17, 15) is 9.90 Å². The molecule has 2 aromatic rings. The quantitative estimate of drug-likeness (QED) is 0.529. The SMILES string of the molecule is O=C1CCCN1CCCNCc1ccc(OC[C@@H](O)CN2CCc3ccccc3C2)cc1. The fraction of sp³-hybridized carbons (Fsp3) is 0.500. The molecule has 0 spiro atoms. The monoisotopic (exact) mass is 437 g/mol. The fourth-order valence-corrected chi connectivity index (χ4v) is 4.52. The smallest absolute Gasteiger partial charge is 0.222 e. The molecule has 0 aromatic heterocycles. The molecule has 2 heterocycles. The number of likely N-dealkylation sites (tertiary alicyclic amines) is 1. The number of hydrogen-bond acceptors (Lipinski definition) is 5. The van der Waals surface area contributed by atoms with E-state index in [1.165, 1.54) is 16.7 Å². The molecular weight excluding hydrogens is 402 g/mol. The molecule has 1 atom stereocenters. The van der Waals surface area contributed by atoms with Crippen LogP contribution in [0.4, 0.5) is 0 Å². The first-order valence-corrected chi connectivity index (χ1v) is 11.8. The number of hydrogen-bond donors (Lipinski definition) is 2. The van der Waals surface area contributed by atoms with E-state index in [4.69, 9.17) is 4.74 Å². The zero-order valence-corrected chi connectivity index (χ0v) is 18.8. The summed E-state index contributed by atoms with van der Waals surface area (Å²) in [4.78, 5) is 15.9. The number of rotatable bonds is 11. The number of β-amino-alcohol motifs (C(OH)–C–C–N with tert-alkyl or cyclic N) is 1. The van der Waals surface area contributed by atoms with Crippen LogP contribution < -0.4 is 10.1 Å². The number of nitrogens with one attached hydrogen (secondary N) is 1. The second-order valence-electron chi connectivity index (χ2n) is 8.88. The highest BCUT2D eigenvalue weighted by molar-refractivity contribution is 5.77. The summed E-state index contributed by atoms with van der Waals surface area (Å²) in [7, 11) is 0. The van der Waals surface area contributed by atoms with Crippen molar-refractivity contribution in [1.82, 2.24) is 15.1 Å². The van der Waals surface area contributed by atoms with Gasteiger partial charge < -0.3 is 20.1 Å². The van der Waals surface area contributed by atoms with Gasteiger partial charge in [0, 0.05) is 45.7 Å². The maximum atomic E-state index is 11.6. The molecular formula is C26H35N3O3. The van der Waals surface area contributed by atoms with Gasteiger partial charge in [0.1, 0.15) is 18.5 Å². The molecule has 4 rings (SSSR count). The minimum absolute atomic E-state index is 0.297. The molecule has 2 N–H and O–H groups in total. The number of aliphatic hydroxyl groups excluding tert-OH is 1. The third kappa shape index (κ3) is 6.55. The summed E-state index contributed by atoms with van der Waals surface area (Å²) in [6.07, 6.45) is 3.23. The Morgan fingerprint density at radius 1 is 1.03 bits per heavy atom. The maximum Gasteiger partial charge on any atom is 0.222 e. The largest absolute Gasteiger partial charge is 0.491 e. The van der Waals surface area contributed by atoms with Crippen molar-refractivity contribution in [3.05, 3.63) is 65.2 Å². The number of amides is 1. The molecule has 0 saturated carbocycles. The normalized spacial score (nSPS) is 17.4. The fourth-order valence-electron chi connectivity index (χ4n) is 4.52. The number of carbonyl (C=O) groups is 1. The van der Waals surface area contributed by atoms with Crippen molar-refractivity contribution in [3.63, 3.8) is 0 Å². The lowest BCUT2D eigenvalue weighted by Gasteiger charge is -2.30. The Kier molecular flexibility index (Phi) is 8.15. The van der Waals surface area contributed by atoms with Crippen molar-refractivity contribution < 1.29 is 14.6 Å². The van der Waals surface area contributed by atoms with Crippen LogP contribution in [0.1, 0.15) is 36.0 Å². The molecule has 172 valence electrons. The van der Waals surface area contributed by atoms with Crippen LogP contribution in [0.25, 0.3) is 0 Å². The van der Waals surface area contributed by atoms with Gasteiger partial charge in [-0.25, -0.2) is 0 Å². The minimum atomic E-state index is -0.510. The Morgan fingerprint density at radius 3 is 2.62 bits per heavy atom. The number of aliphatic hydroxyl groups is 1. The first-order chi connectivity index (χ1) is 15.7. The lowest BCUT2D eigenvalue weighted by molar-refractivity contribution is -0.127. The summed E-state index contributed by atoms with van der Waals surface area (Å²) in [5.74, 6) is 1.08. The van der Waals surface area contributed by atoms with Gasteiger partial charge in [-0.2, -0.15) is 0 Å². The standard InChI is InChI=1S/C26H35N3O3/c30-24(19-28-16-12-22-5-1-2-6-23(22)18-28)20-32-25-10-8-21(9-11-25)17-27-13-4-15-29-14-3-7-26(29)31/h1-2,5-6,8-11,24,27,30H,3-4,7,12-20H2/t24-/m0/s1. The zero-order valence-electron chi connectivity index (χ0n) is 18.8. The maximum absolute atomic E-state index is 11.6. The number of fused-ring (bicyclic) bond motifs is 1. The van der Waals surface area contributed by atoms with Crippen LogP contribution in [-0.4, -0.2) is 66.2 Å². The van der Waals surface area contributed by atoms with E-state index >= 15 is 0 Å². The second-order valence-corrected chi connectivity index (χ2v) is 8.88. The average molecular weight is 438 g/mol. The van der Waals surface area contributed by atoms with Gasteiger partial charge in [0.2, 0.25) is 5.91 Å². The second kappa shape index (κ2) is 11.5. The number of carbonyl (C=O) groups excluding carboxylic acids is 1.